The van der Waals surface area contributed by atoms with Crippen LogP contribution >= 0.6 is 11.6 Å². The molecular formula is C24H21ClN4O3. The van der Waals surface area contributed by atoms with Crippen LogP contribution < -0.4 is 10.9 Å². The van der Waals surface area contributed by atoms with Gasteiger partial charge in [0.25, 0.3) is 11.4 Å². The second-order valence-electron chi connectivity index (χ2n) is 7.43. The molecule has 0 radical (unpaired) electrons. The molecule has 0 saturated heterocycles. The summed E-state index contributed by atoms with van der Waals surface area (Å²) in [5.41, 5.74) is 3.00. The lowest BCUT2D eigenvalue weighted by Crippen LogP contribution is -2.34. The highest BCUT2D eigenvalue weighted by Gasteiger charge is 2.20. The molecular weight excluding hydrogens is 428 g/mol. The SMILES string of the molecule is Cc1cc(C)n(CC(=O)NCc2ccc(Cl)cc2)c(=O)c1-c1nc(-c2ccccc2)no1. The van der Waals surface area contributed by atoms with Crippen LogP contribution in [0.1, 0.15) is 16.8 Å². The van der Waals surface area contributed by atoms with E-state index in [1.807, 2.05) is 48.5 Å². The van der Waals surface area contributed by atoms with E-state index < -0.39 is 0 Å². The number of hydrogen-bond acceptors (Lipinski definition) is 5. The first-order chi connectivity index (χ1) is 15.4. The molecule has 0 spiro atoms. The van der Waals surface area contributed by atoms with Crippen molar-refractivity contribution in [2.24, 2.45) is 0 Å². The molecule has 0 aliphatic heterocycles. The summed E-state index contributed by atoms with van der Waals surface area (Å²) in [6.45, 7) is 3.81. The Kier molecular flexibility index (Phi) is 6.18. The van der Waals surface area contributed by atoms with Crippen molar-refractivity contribution in [1.82, 2.24) is 20.0 Å². The molecule has 0 fully saturated rings. The Morgan fingerprint density at radius 2 is 1.81 bits per heavy atom. The monoisotopic (exact) mass is 448 g/mol. The molecule has 1 amide bonds. The van der Waals surface area contributed by atoms with E-state index in [1.54, 1.807) is 26.0 Å². The van der Waals surface area contributed by atoms with E-state index in [-0.39, 0.29) is 29.5 Å². The van der Waals surface area contributed by atoms with Gasteiger partial charge >= 0.3 is 0 Å². The average Bonchev–Trinajstić information content (AvgIpc) is 3.26. The van der Waals surface area contributed by atoms with Gasteiger partial charge in [-0.25, -0.2) is 0 Å². The smallest absolute Gasteiger partial charge is 0.264 e. The van der Waals surface area contributed by atoms with E-state index in [2.05, 4.69) is 15.5 Å². The molecule has 0 aliphatic rings. The van der Waals surface area contributed by atoms with Crippen LogP contribution in [0.5, 0.6) is 0 Å². The normalized spacial score (nSPS) is 10.8. The van der Waals surface area contributed by atoms with Crippen molar-refractivity contribution in [2.75, 3.05) is 0 Å². The zero-order chi connectivity index (χ0) is 22.7. The topological polar surface area (TPSA) is 90.0 Å². The maximum atomic E-state index is 13.2. The van der Waals surface area contributed by atoms with Gasteiger partial charge in [0.2, 0.25) is 11.7 Å². The first-order valence-electron chi connectivity index (χ1n) is 10.0. The molecule has 4 aromatic rings. The van der Waals surface area contributed by atoms with Crippen molar-refractivity contribution in [1.29, 1.82) is 0 Å². The number of aryl methyl sites for hydroxylation is 2. The maximum absolute atomic E-state index is 13.2. The largest absolute Gasteiger partial charge is 0.350 e. The number of aromatic nitrogens is 3. The second-order valence-corrected chi connectivity index (χ2v) is 7.86. The van der Waals surface area contributed by atoms with Crippen LogP contribution in [0.15, 0.2) is 70.0 Å². The van der Waals surface area contributed by atoms with Gasteiger partial charge in [0.05, 0.1) is 0 Å². The van der Waals surface area contributed by atoms with Crippen molar-refractivity contribution in [3.8, 4) is 22.8 Å². The summed E-state index contributed by atoms with van der Waals surface area (Å²) in [5, 5.41) is 7.46. The Labute approximate surface area is 189 Å². The van der Waals surface area contributed by atoms with Gasteiger partial charge in [-0.1, -0.05) is 59.2 Å². The van der Waals surface area contributed by atoms with Gasteiger partial charge in [0.15, 0.2) is 0 Å². The quantitative estimate of drug-likeness (QED) is 0.478. The Bertz CT molecular complexity index is 1310. The van der Waals surface area contributed by atoms with Crippen LogP contribution in [0.3, 0.4) is 0 Å². The minimum Gasteiger partial charge on any atom is -0.350 e. The summed E-state index contributed by atoms with van der Waals surface area (Å²) in [6, 6.07) is 18.4. The van der Waals surface area contributed by atoms with E-state index in [9.17, 15) is 9.59 Å². The third kappa shape index (κ3) is 4.63. The number of benzene rings is 2. The summed E-state index contributed by atoms with van der Waals surface area (Å²) in [4.78, 5) is 30.2. The van der Waals surface area contributed by atoms with Crippen molar-refractivity contribution in [3.05, 3.63) is 92.9 Å². The number of carbonyl (C=O) groups is 1. The third-order valence-corrected chi connectivity index (χ3v) is 5.33. The molecule has 2 aromatic carbocycles. The molecule has 162 valence electrons. The molecule has 0 aliphatic carbocycles. The summed E-state index contributed by atoms with van der Waals surface area (Å²) in [6.07, 6.45) is 0. The van der Waals surface area contributed by atoms with Crippen LogP contribution in [0, 0.1) is 13.8 Å². The Hall–Kier alpha value is -3.71. The molecule has 7 nitrogen and oxygen atoms in total. The minimum absolute atomic E-state index is 0.120. The van der Waals surface area contributed by atoms with Gasteiger partial charge < -0.3 is 14.4 Å². The van der Waals surface area contributed by atoms with Gasteiger partial charge in [0, 0.05) is 22.8 Å². The van der Waals surface area contributed by atoms with Crippen LogP contribution in [0.4, 0.5) is 0 Å². The van der Waals surface area contributed by atoms with E-state index in [0.717, 1.165) is 11.1 Å². The molecule has 0 atom stereocenters. The molecule has 0 unspecified atom stereocenters. The first kappa shape index (κ1) is 21.5. The predicted molar refractivity (Wildman–Crippen MR) is 122 cm³/mol. The average molecular weight is 449 g/mol. The third-order valence-electron chi connectivity index (χ3n) is 5.08. The number of hydrogen-bond donors (Lipinski definition) is 1. The molecule has 1 N–H and O–H groups in total. The van der Waals surface area contributed by atoms with E-state index >= 15 is 0 Å². The Morgan fingerprint density at radius 1 is 1.09 bits per heavy atom. The van der Waals surface area contributed by atoms with E-state index in [1.165, 1.54) is 4.57 Å². The van der Waals surface area contributed by atoms with E-state index in [0.29, 0.717) is 28.6 Å². The fourth-order valence-corrected chi connectivity index (χ4v) is 3.54. The fourth-order valence-electron chi connectivity index (χ4n) is 3.42. The lowest BCUT2D eigenvalue weighted by Gasteiger charge is -2.13. The molecule has 0 saturated carbocycles. The fraction of sp³-hybridized carbons (Fsp3) is 0.167. The minimum atomic E-state index is -0.354. The number of halogens is 1. The number of pyridine rings is 1. The predicted octanol–water partition coefficient (Wildman–Crippen LogP) is 4.15. The van der Waals surface area contributed by atoms with E-state index in [4.69, 9.17) is 16.1 Å². The number of amides is 1. The molecule has 2 heterocycles. The van der Waals surface area contributed by atoms with Gasteiger partial charge in [-0.05, 0) is 43.2 Å². The van der Waals surface area contributed by atoms with Crippen LogP contribution in [-0.4, -0.2) is 20.6 Å². The van der Waals surface area contributed by atoms with Crippen LogP contribution in [-0.2, 0) is 17.9 Å². The first-order valence-corrected chi connectivity index (χ1v) is 10.4. The van der Waals surface area contributed by atoms with Gasteiger partial charge in [-0.2, -0.15) is 4.98 Å². The van der Waals surface area contributed by atoms with Gasteiger partial charge in [-0.3, -0.25) is 9.59 Å². The lowest BCUT2D eigenvalue weighted by molar-refractivity contribution is -0.121. The van der Waals surface area contributed by atoms with Crippen LogP contribution in [0.25, 0.3) is 22.8 Å². The number of nitrogens with zero attached hydrogens (tertiary/aromatic N) is 3. The number of rotatable bonds is 6. The lowest BCUT2D eigenvalue weighted by atomic mass is 10.1. The molecule has 32 heavy (non-hydrogen) atoms. The van der Waals surface area contributed by atoms with Crippen molar-refractivity contribution in [2.45, 2.75) is 26.9 Å². The summed E-state index contributed by atoms with van der Waals surface area (Å²) in [5.74, 6) is 0.240. The zero-order valence-corrected chi connectivity index (χ0v) is 18.4. The summed E-state index contributed by atoms with van der Waals surface area (Å²) < 4.78 is 6.80. The zero-order valence-electron chi connectivity index (χ0n) is 17.6. The van der Waals surface area contributed by atoms with Crippen molar-refractivity contribution < 1.29 is 9.32 Å². The summed E-state index contributed by atoms with van der Waals surface area (Å²) >= 11 is 5.89. The van der Waals surface area contributed by atoms with Gasteiger partial charge in [0.1, 0.15) is 12.1 Å². The highest BCUT2D eigenvalue weighted by molar-refractivity contribution is 6.30. The van der Waals surface area contributed by atoms with Crippen molar-refractivity contribution in [3.63, 3.8) is 0 Å². The Balaban J connectivity index is 1.57. The highest BCUT2D eigenvalue weighted by Crippen LogP contribution is 2.23. The van der Waals surface area contributed by atoms with Gasteiger partial charge in [-0.15, -0.1) is 0 Å². The summed E-state index contributed by atoms with van der Waals surface area (Å²) in [7, 11) is 0. The highest BCUT2D eigenvalue weighted by atomic mass is 35.5. The van der Waals surface area contributed by atoms with Crippen molar-refractivity contribution >= 4 is 17.5 Å². The molecule has 2 aromatic heterocycles. The van der Waals surface area contributed by atoms with Crippen LogP contribution in [0.2, 0.25) is 5.02 Å². The molecule has 0 bridgehead atoms. The Morgan fingerprint density at radius 3 is 2.53 bits per heavy atom. The second kappa shape index (κ2) is 9.20. The standard InChI is InChI=1S/C24H21ClN4O3/c1-15-12-16(2)29(14-20(30)26-13-17-8-10-19(25)11-9-17)24(31)21(15)23-27-22(28-32-23)18-6-4-3-5-7-18/h3-12H,13-14H2,1-2H3,(H,26,30). The number of nitrogens with one attached hydrogen (secondary N) is 1. The molecule has 8 heteroatoms. The number of carbonyl (C=O) groups excluding carboxylic acids is 1. The molecule has 4 rings (SSSR count). The maximum Gasteiger partial charge on any atom is 0.264 e.